The van der Waals surface area contributed by atoms with E-state index in [0.717, 1.165) is 8.47 Å². The number of imide groups is 1. The summed E-state index contributed by atoms with van der Waals surface area (Å²) < 4.78 is 1.00. The number of carbonyl (C=O) groups excluding carboxylic acids is 3. The maximum absolute atomic E-state index is 13.1. The Kier molecular flexibility index (Phi) is 7.24. The van der Waals surface area contributed by atoms with Crippen LogP contribution in [0.15, 0.2) is 24.3 Å². The van der Waals surface area contributed by atoms with Gasteiger partial charge in [-0.05, 0) is 59.2 Å². The van der Waals surface area contributed by atoms with Crippen molar-refractivity contribution in [2.75, 3.05) is 5.32 Å². The van der Waals surface area contributed by atoms with E-state index < -0.39 is 23.8 Å². The molecule has 0 fully saturated rings. The molecule has 0 aliphatic carbocycles. The topological polar surface area (TPSA) is 66.5 Å². The van der Waals surface area contributed by atoms with Crippen LogP contribution in [0.5, 0.6) is 0 Å². The molecule has 1 aliphatic heterocycles. The van der Waals surface area contributed by atoms with Crippen molar-refractivity contribution in [3.05, 3.63) is 59.1 Å². The van der Waals surface area contributed by atoms with E-state index in [0.29, 0.717) is 5.69 Å². The van der Waals surface area contributed by atoms with Crippen molar-refractivity contribution in [3.8, 4) is 0 Å². The van der Waals surface area contributed by atoms with E-state index >= 15 is 0 Å². The highest BCUT2D eigenvalue weighted by Crippen LogP contribution is 2.45. The molecule has 0 saturated carbocycles. The zero-order valence-corrected chi connectivity index (χ0v) is 20.9. The average molecular weight is 600 g/mol. The lowest BCUT2D eigenvalue weighted by atomic mass is 10.0. The van der Waals surface area contributed by atoms with Gasteiger partial charge in [-0.1, -0.05) is 60.3 Å². The molecule has 0 saturated heterocycles. The molecule has 2 aromatic rings. The van der Waals surface area contributed by atoms with Crippen molar-refractivity contribution in [1.82, 2.24) is 4.90 Å². The summed E-state index contributed by atoms with van der Waals surface area (Å²) in [4.78, 5) is 40.3. The van der Waals surface area contributed by atoms with E-state index in [-0.39, 0.29) is 43.6 Å². The molecule has 10 heteroatoms. The fourth-order valence-corrected chi connectivity index (χ4v) is 4.56. The van der Waals surface area contributed by atoms with Crippen LogP contribution in [0.2, 0.25) is 20.1 Å². The SMILES string of the molecule is CC(C)C[C@H](C(=O)Nc1ccc(I)cc1)N1C(=O)c2c(Cl)c(Cl)c(Cl)c(Cl)c2C1=O. The van der Waals surface area contributed by atoms with Crippen LogP contribution in [0.4, 0.5) is 5.69 Å². The number of carbonyl (C=O) groups is 3. The molecule has 0 unspecified atom stereocenters. The van der Waals surface area contributed by atoms with Gasteiger partial charge in [-0.15, -0.1) is 0 Å². The Morgan fingerprint density at radius 2 is 1.40 bits per heavy atom. The van der Waals surface area contributed by atoms with Gasteiger partial charge in [0, 0.05) is 9.26 Å². The summed E-state index contributed by atoms with van der Waals surface area (Å²) in [6.45, 7) is 3.77. The predicted molar refractivity (Wildman–Crippen MR) is 128 cm³/mol. The second kappa shape index (κ2) is 9.20. The number of benzene rings is 2. The fraction of sp³-hybridized carbons (Fsp3) is 0.250. The Hall–Kier alpha value is -1.06. The molecule has 1 aliphatic rings. The van der Waals surface area contributed by atoms with Crippen LogP contribution < -0.4 is 5.32 Å². The summed E-state index contributed by atoms with van der Waals surface area (Å²) in [5.74, 6) is -1.95. The Morgan fingerprint density at radius 3 is 1.83 bits per heavy atom. The highest BCUT2D eigenvalue weighted by atomic mass is 127. The number of hydrogen-bond donors (Lipinski definition) is 1. The van der Waals surface area contributed by atoms with E-state index in [1.807, 2.05) is 26.0 Å². The van der Waals surface area contributed by atoms with Crippen LogP contribution in [0.3, 0.4) is 0 Å². The Balaban J connectivity index is 2.02. The van der Waals surface area contributed by atoms with Gasteiger partial charge in [-0.25, -0.2) is 0 Å². The van der Waals surface area contributed by atoms with Gasteiger partial charge in [0.05, 0.1) is 31.2 Å². The van der Waals surface area contributed by atoms with Gasteiger partial charge in [0.2, 0.25) is 5.91 Å². The van der Waals surface area contributed by atoms with Gasteiger partial charge >= 0.3 is 0 Å². The van der Waals surface area contributed by atoms with E-state index in [4.69, 9.17) is 46.4 Å². The summed E-state index contributed by atoms with van der Waals surface area (Å²) >= 11 is 26.7. The first-order valence-corrected chi connectivity index (χ1v) is 11.4. The first-order valence-electron chi connectivity index (χ1n) is 8.84. The first-order chi connectivity index (χ1) is 14.0. The molecular weight excluding hydrogens is 585 g/mol. The number of hydrogen-bond acceptors (Lipinski definition) is 3. The van der Waals surface area contributed by atoms with Crippen LogP contribution in [0, 0.1) is 9.49 Å². The van der Waals surface area contributed by atoms with Gasteiger partial charge in [-0.2, -0.15) is 0 Å². The van der Waals surface area contributed by atoms with Crippen LogP contribution in [-0.2, 0) is 4.79 Å². The molecule has 158 valence electrons. The van der Waals surface area contributed by atoms with E-state index in [9.17, 15) is 14.4 Å². The molecule has 3 rings (SSSR count). The molecule has 2 aromatic carbocycles. The molecule has 1 heterocycles. The number of halogens is 5. The summed E-state index contributed by atoms with van der Waals surface area (Å²) in [5.41, 5.74) is 0.265. The number of rotatable bonds is 5. The summed E-state index contributed by atoms with van der Waals surface area (Å²) in [5, 5.41) is 2.20. The molecule has 1 N–H and O–H groups in total. The Labute approximate surface area is 207 Å². The predicted octanol–water partition coefficient (Wildman–Crippen LogP) is 6.55. The third kappa shape index (κ3) is 4.30. The van der Waals surface area contributed by atoms with Gasteiger partial charge in [-0.3, -0.25) is 19.3 Å². The van der Waals surface area contributed by atoms with E-state index in [1.54, 1.807) is 12.1 Å². The lowest BCUT2D eigenvalue weighted by Crippen LogP contribution is -2.48. The van der Waals surface area contributed by atoms with Crippen molar-refractivity contribution in [3.63, 3.8) is 0 Å². The molecular formula is C20H15Cl4IN2O3. The molecule has 0 aromatic heterocycles. The summed E-state index contributed by atoms with van der Waals surface area (Å²) in [7, 11) is 0. The zero-order chi connectivity index (χ0) is 22.3. The van der Waals surface area contributed by atoms with Crippen molar-refractivity contribution < 1.29 is 14.4 Å². The van der Waals surface area contributed by atoms with Crippen molar-refractivity contribution >= 4 is 92.4 Å². The smallest absolute Gasteiger partial charge is 0.263 e. The highest BCUT2D eigenvalue weighted by molar-refractivity contribution is 14.1. The number of amides is 3. The third-order valence-electron chi connectivity index (χ3n) is 4.55. The normalized spacial score (nSPS) is 14.3. The summed E-state index contributed by atoms with van der Waals surface area (Å²) in [6, 6.07) is 6.07. The van der Waals surface area contributed by atoms with Crippen molar-refractivity contribution in [1.29, 1.82) is 0 Å². The number of nitrogens with zero attached hydrogens (tertiary/aromatic N) is 1. The fourth-order valence-electron chi connectivity index (χ4n) is 3.18. The van der Waals surface area contributed by atoms with Crippen LogP contribution >= 0.6 is 69.0 Å². The number of nitrogens with one attached hydrogen (secondary N) is 1. The average Bonchev–Trinajstić information content (AvgIpc) is 2.95. The van der Waals surface area contributed by atoms with Gasteiger partial charge < -0.3 is 5.32 Å². The molecule has 0 radical (unpaired) electrons. The Bertz CT molecular complexity index is 1010. The number of fused-ring (bicyclic) bond motifs is 1. The molecule has 3 amide bonds. The monoisotopic (exact) mass is 598 g/mol. The largest absolute Gasteiger partial charge is 0.324 e. The van der Waals surface area contributed by atoms with Crippen LogP contribution in [0.25, 0.3) is 0 Å². The van der Waals surface area contributed by atoms with Crippen LogP contribution in [-0.4, -0.2) is 28.7 Å². The van der Waals surface area contributed by atoms with Gasteiger partial charge in [0.15, 0.2) is 0 Å². The minimum Gasteiger partial charge on any atom is -0.324 e. The molecule has 30 heavy (non-hydrogen) atoms. The van der Waals surface area contributed by atoms with Gasteiger partial charge in [0.25, 0.3) is 11.8 Å². The maximum atomic E-state index is 13.1. The van der Waals surface area contributed by atoms with E-state index in [2.05, 4.69) is 27.9 Å². The molecule has 0 spiro atoms. The quantitative estimate of drug-likeness (QED) is 0.183. The van der Waals surface area contributed by atoms with Gasteiger partial charge in [0.1, 0.15) is 6.04 Å². The second-order valence-electron chi connectivity index (χ2n) is 7.13. The van der Waals surface area contributed by atoms with E-state index in [1.165, 1.54) is 0 Å². The third-order valence-corrected chi connectivity index (χ3v) is 7.07. The minimum atomic E-state index is -1.07. The van der Waals surface area contributed by atoms with Crippen molar-refractivity contribution in [2.24, 2.45) is 5.92 Å². The standard InChI is InChI=1S/C20H15Cl4IN2O3/c1-8(2)7-11(18(28)26-10-5-3-9(25)4-6-10)27-19(29)12-13(20(27)30)15(22)17(24)16(23)14(12)21/h3-6,8,11H,7H2,1-2H3,(H,26,28)/t11-/m1/s1. The first kappa shape index (κ1) is 23.6. The van der Waals surface area contributed by atoms with Crippen molar-refractivity contribution in [2.45, 2.75) is 26.3 Å². The molecule has 5 nitrogen and oxygen atoms in total. The summed E-state index contributed by atoms with van der Waals surface area (Å²) in [6.07, 6.45) is 0.248. The van der Waals surface area contributed by atoms with Crippen LogP contribution in [0.1, 0.15) is 41.0 Å². The minimum absolute atomic E-state index is 0.0138. The lowest BCUT2D eigenvalue weighted by molar-refractivity contribution is -0.120. The highest BCUT2D eigenvalue weighted by Gasteiger charge is 2.46. The lowest BCUT2D eigenvalue weighted by Gasteiger charge is -2.26. The zero-order valence-electron chi connectivity index (χ0n) is 15.7. The second-order valence-corrected chi connectivity index (χ2v) is 9.89. The maximum Gasteiger partial charge on any atom is 0.263 e. The number of anilines is 1. The Morgan fingerprint density at radius 1 is 0.933 bits per heavy atom. The molecule has 1 atom stereocenters. The molecule has 0 bridgehead atoms.